The number of carbonyl (C=O) groups excluding carboxylic acids is 2. The highest BCUT2D eigenvalue weighted by Gasteiger charge is 2.15. The van der Waals surface area contributed by atoms with Crippen LogP contribution in [0.25, 0.3) is 0 Å². The second-order valence-corrected chi connectivity index (χ2v) is 4.56. The highest BCUT2D eigenvalue weighted by molar-refractivity contribution is 5.99. The fraction of sp³-hybridized carbons (Fsp3) is 0.176. The van der Waals surface area contributed by atoms with Crippen LogP contribution in [-0.2, 0) is 25.7 Å². The van der Waals surface area contributed by atoms with Gasteiger partial charge < -0.3 is 23.9 Å². The van der Waals surface area contributed by atoms with Crippen molar-refractivity contribution >= 4 is 17.6 Å². The van der Waals surface area contributed by atoms with Crippen LogP contribution in [-0.4, -0.2) is 26.2 Å². The smallest absolute Gasteiger partial charge is 0.354 e. The molecule has 126 valence electrons. The van der Waals surface area contributed by atoms with Crippen LogP contribution in [0.1, 0.15) is 5.76 Å². The van der Waals surface area contributed by atoms with Crippen LogP contribution >= 0.6 is 0 Å². The van der Waals surface area contributed by atoms with Crippen LogP contribution in [0, 0.1) is 0 Å². The largest absolute Gasteiger partial charge is 0.483 e. The van der Waals surface area contributed by atoms with E-state index in [1.807, 2.05) is 0 Å². The van der Waals surface area contributed by atoms with Crippen molar-refractivity contribution in [1.82, 2.24) is 0 Å². The molecule has 1 aromatic heterocycles. The minimum Gasteiger partial charge on any atom is -0.483 e. The van der Waals surface area contributed by atoms with E-state index >= 15 is 0 Å². The molecule has 0 saturated carbocycles. The van der Waals surface area contributed by atoms with Gasteiger partial charge >= 0.3 is 11.9 Å². The summed E-state index contributed by atoms with van der Waals surface area (Å²) in [5.74, 6) is -0.255. The molecular formula is C17H17NO6. The summed E-state index contributed by atoms with van der Waals surface area (Å²) in [7, 11) is 2.43. The first kappa shape index (κ1) is 17.1. The van der Waals surface area contributed by atoms with E-state index in [1.54, 1.807) is 42.7 Å². The van der Waals surface area contributed by atoms with Gasteiger partial charge in [0.15, 0.2) is 0 Å². The number of hydrogen-bond acceptors (Lipinski definition) is 7. The Morgan fingerprint density at radius 2 is 1.92 bits per heavy atom. The van der Waals surface area contributed by atoms with E-state index in [2.05, 4.69) is 14.8 Å². The van der Waals surface area contributed by atoms with Gasteiger partial charge in [-0.05, 0) is 24.3 Å². The molecule has 0 aliphatic heterocycles. The zero-order valence-electron chi connectivity index (χ0n) is 13.3. The number of ether oxygens (including phenoxy) is 3. The lowest BCUT2D eigenvalue weighted by Crippen LogP contribution is -2.16. The molecule has 0 aliphatic carbocycles. The van der Waals surface area contributed by atoms with Crippen molar-refractivity contribution in [1.29, 1.82) is 0 Å². The monoisotopic (exact) mass is 331 g/mol. The number of anilines is 1. The molecule has 0 atom stereocenters. The minimum absolute atomic E-state index is 0.0709. The average molecular weight is 331 g/mol. The third-order valence-corrected chi connectivity index (χ3v) is 2.98. The van der Waals surface area contributed by atoms with E-state index in [0.717, 1.165) is 6.08 Å². The number of carbonyl (C=O) groups is 2. The van der Waals surface area contributed by atoms with Crippen LogP contribution in [0.15, 0.2) is 58.9 Å². The van der Waals surface area contributed by atoms with E-state index in [9.17, 15) is 9.59 Å². The van der Waals surface area contributed by atoms with Crippen molar-refractivity contribution < 1.29 is 28.2 Å². The first-order valence-electron chi connectivity index (χ1n) is 7.03. The minimum atomic E-state index is -0.707. The summed E-state index contributed by atoms with van der Waals surface area (Å²) in [6.07, 6.45) is 2.56. The molecule has 7 heteroatoms. The quantitative estimate of drug-likeness (QED) is 0.616. The van der Waals surface area contributed by atoms with Gasteiger partial charge in [-0.15, -0.1) is 0 Å². The SMILES string of the molecule is COC(=O)/C=C(/Nc1ccccc1OCc1ccco1)C(=O)OC. The Morgan fingerprint density at radius 3 is 2.58 bits per heavy atom. The molecule has 1 aromatic carbocycles. The molecule has 7 nitrogen and oxygen atoms in total. The number of rotatable bonds is 7. The second kappa shape index (κ2) is 8.42. The lowest BCUT2D eigenvalue weighted by atomic mass is 10.2. The van der Waals surface area contributed by atoms with Gasteiger partial charge in [0.05, 0.1) is 32.2 Å². The zero-order valence-corrected chi connectivity index (χ0v) is 13.3. The highest BCUT2D eigenvalue weighted by Crippen LogP contribution is 2.26. The summed E-state index contributed by atoms with van der Waals surface area (Å²) in [6, 6.07) is 10.5. The summed E-state index contributed by atoms with van der Waals surface area (Å²) in [4.78, 5) is 23.2. The molecular weight excluding hydrogens is 314 g/mol. The topological polar surface area (TPSA) is 87.0 Å². The van der Waals surface area contributed by atoms with Crippen LogP contribution in [0.5, 0.6) is 5.75 Å². The molecule has 0 amide bonds. The van der Waals surface area contributed by atoms with Crippen molar-refractivity contribution in [3.05, 3.63) is 60.2 Å². The highest BCUT2D eigenvalue weighted by atomic mass is 16.5. The van der Waals surface area contributed by atoms with Gasteiger partial charge in [-0.2, -0.15) is 0 Å². The molecule has 2 aromatic rings. The molecule has 0 bridgehead atoms. The fourth-order valence-electron chi connectivity index (χ4n) is 1.82. The van der Waals surface area contributed by atoms with Gasteiger partial charge in [0.2, 0.25) is 0 Å². The number of esters is 2. The van der Waals surface area contributed by atoms with Crippen molar-refractivity contribution in [2.45, 2.75) is 6.61 Å². The van der Waals surface area contributed by atoms with Crippen molar-refractivity contribution in [2.24, 2.45) is 0 Å². The molecule has 0 aliphatic rings. The van der Waals surface area contributed by atoms with Crippen LogP contribution < -0.4 is 10.1 Å². The van der Waals surface area contributed by atoms with E-state index in [4.69, 9.17) is 9.15 Å². The molecule has 0 fully saturated rings. The molecule has 1 N–H and O–H groups in total. The summed E-state index contributed by atoms with van der Waals surface area (Å²) in [5.41, 5.74) is 0.419. The maximum Gasteiger partial charge on any atom is 0.354 e. The van der Waals surface area contributed by atoms with Gasteiger partial charge in [0.1, 0.15) is 23.8 Å². The van der Waals surface area contributed by atoms with Crippen LogP contribution in [0.2, 0.25) is 0 Å². The fourth-order valence-corrected chi connectivity index (χ4v) is 1.82. The Hall–Kier alpha value is -3.22. The first-order chi connectivity index (χ1) is 11.6. The maximum absolute atomic E-state index is 11.8. The second-order valence-electron chi connectivity index (χ2n) is 4.56. The normalized spacial score (nSPS) is 10.8. The van der Waals surface area contributed by atoms with Gasteiger partial charge in [0.25, 0.3) is 0 Å². The van der Waals surface area contributed by atoms with E-state index in [0.29, 0.717) is 17.2 Å². The number of methoxy groups -OCH3 is 2. The van der Waals surface area contributed by atoms with Gasteiger partial charge in [-0.1, -0.05) is 12.1 Å². The Labute approximate surface area is 138 Å². The standard InChI is InChI=1S/C17H17NO6/c1-21-16(19)10-14(17(20)22-2)18-13-7-3-4-8-15(13)24-11-12-6-5-9-23-12/h3-10,18H,11H2,1-2H3/b14-10+. The zero-order chi connectivity index (χ0) is 17.4. The molecule has 0 saturated heterocycles. The average Bonchev–Trinajstić information content (AvgIpc) is 3.13. The summed E-state index contributed by atoms with van der Waals surface area (Å²) < 4.78 is 20.1. The van der Waals surface area contributed by atoms with Crippen LogP contribution in [0.3, 0.4) is 0 Å². The predicted octanol–water partition coefficient (Wildman–Crippen LogP) is 2.50. The molecule has 0 radical (unpaired) electrons. The van der Waals surface area contributed by atoms with Crippen molar-refractivity contribution in [3.8, 4) is 5.75 Å². The number of hydrogen-bond donors (Lipinski definition) is 1. The molecule has 24 heavy (non-hydrogen) atoms. The maximum atomic E-state index is 11.8. The molecule has 0 spiro atoms. The molecule has 0 unspecified atom stereocenters. The number of furan rings is 1. The summed E-state index contributed by atoms with van der Waals surface area (Å²) in [6.45, 7) is 0.222. The Balaban J connectivity index is 2.18. The van der Waals surface area contributed by atoms with E-state index < -0.39 is 11.9 Å². The third kappa shape index (κ3) is 4.64. The third-order valence-electron chi connectivity index (χ3n) is 2.98. The lowest BCUT2D eigenvalue weighted by Gasteiger charge is -2.13. The summed E-state index contributed by atoms with van der Waals surface area (Å²) in [5, 5.41) is 2.82. The molecule has 2 rings (SSSR count). The summed E-state index contributed by atoms with van der Waals surface area (Å²) >= 11 is 0. The number of para-hydroxylation sites is 2. The Morgan fingerprint density at radius 1 is 1.12 bits per heavy atom. The number of nitrogens with one attached hydrogen (secondary N) is 1. The van der Waals surface area contributed by atoms with E-state index in [1.165, 1.54) is 14.2 Å². The van der Waals surface area contributed by atoms with Gasteiger partial charge in [-0.3, -0.25) is 0 Å². The van der Waals surface area contributed by atoms with Gasteiger partial charge in [0, 0.05) is 0 Å². The first-order valence-corrected chi connectivity index (χ1v) is 7.03. The predicted molar refractivity (Wildman–Crippen MR) is 85.2 cm³/mol. The Bertz CT molecular complexity index is 720. The Kier molecular flexibility index (Phi) is 6.01. The molecule has 1 heterocycles. The van der Waals surface area contributed by atoms with Gasteiger partial charge in [-0.25, -0.2) is 9.59 Å². The van der Waals surface area contributed by atoms with Crippen LogP contribution in [0.4, 0.5) is 5.69 Å². The van der Waals surface area contributed by atoms with Crippen molar-refractivity contribution in [3.63, 3.8) is 0 Å². The number of benzene rings is 1. The van der Waals surface area contributed by atoms with Crippen molar-refractivity contribution in [2.75, 3.05) is 19.5 Å². The van der Waals surface area contributed by atoms with E-state index in [-0.39, 0.29) is 12.3 Å². The lowest BCUT2D eigenvalue weighted by molar-refractivity contribution is -0.138.